The number of benzene rings is 3. The van der Waals surface area contributed by atoms with E-state index in [4.69, 9.17) is 14.6 Å². The lowest BCUT2D eigenvalue weighted by atomic mass is 10.0. The molecule has 0 aromatic heterocycles. The lowest BCUT2D eigenvalue weighted by Crippen LogP contribution is -2.28. The Morgan fingerprint density at radius 2 is 1.64 bits per heavy atom. The maximum Gasteiger partial charge on any atom is 0.317 e. The first-order chi connectivity index (χ1) is 15.9. The highest BCUT2D eigenvalue weighted by atomic mass is 16.5. The van der Waals surface area contributed by atoms with Gasteiger partial charge < -0.3 is 14.6 Å². The molecule has 0 bridgehead atoms. The van der Waals surface area contributed by atoms with Gasteiger partial charge in [-0.3, -0.25) is 14.5 Å². The number of carboxylic acids is 1. The number of rotatable bonds is 11. The van der Waals surface area contributed by atoms with Crippen LogP contribution in [-0.4, -0.2) is 49.0 Å². The number of carbonyl (C=O) groups is 2. The van der Waals surface area contributed by atoms with Gasteiger partial charge in [-0.2, -0.15) is 0 Å². The monoisotopic (exact) mass is 447 g/mol. The minimum atomic E-state index is -0.866. The molecule has 0 radical (unpaired) electrons. The molecule has 33 heavy (non-hydrogen) atoms. The Balaban J connectivity index is 1.79. The maximum absolute atomic E-state index is 13.0. The van der Waals surface area contributed by atoms with Crippen LogP contribution in [0.4, 0.5) is 0 Å². The Morgan fingerprint density at radius 3 is 2.27 bits per heavy atom. The highest BCUT2D eigenvalue weighted by Gasteiger charge is 2.17. The normalized spacial score (nSPS) is 11.8. The van der Waals surface area contributed by atoms with E-state index < -0.39 is 5.97 Å². The van der Waals surface area contributed by atoms with Gasteiger partial charge in [-0.25, -0.2) is 0 Å². The number of nitrogens with zero attached hydrogens (tertiary/aromatic N) is 1. The molecule has 3 aromatic carbocycles. The summed E-state index contributed by atoms with van der Waals surface area (Å²) >= 11 is 0. The number of likely N-dealkylation sites (N-methyl/N-ethyl adjacent to an activating group) is 1. The van der Waals surface area contributed by atoms with Gasteiger partial charge in [0.15, 0.2) is 5.78 Å². The molecule has 0 saturated heterocycles. The standard InChI is InChI=1S/C27H29NO5/c1-19-7-9-20(10-8-19)25(15-16-28(2)18-26(29)30)33-24-6-4-5-22(17-24)27(31)21-11-13-23(32-3)14-12-21/h4-14,17,25H,15-16,18H2,1-3H3,(H,29,30). The summed E-state index contributed by atoms with van der Waals surface area (Å²) in [7, 11) is 3.36. The number of carboxylic acid groups (broad SMARTS) is 1. The zero-order valence-corrected chi connectivity index (χ0v) is 19.2. The van der Waals surface area contributed by atoms with E-state index in [1.54, 1.807) is 61.5 Å². The average molecular weight is 448 g/mol. The van der Waals surface area contributed by atoms with Gasteiger partial charge in [-0.1, -0.05) is 42.0 Å². The molecule has 0 aliphatic rings. The van der Waals surface area contributed by atoms with E-state index in [2.05, 4.69) is 0 Å². The largest absolute Gasteiger partial charge is 0.497 e. The Kier molecular flexibility index (Phi) is 8.22. The number of aliphatic carboxylic acids is 1. The van der Waals surface area contributed by atoms with Crippen LogP contribution in [0, 0.1) is 6.92 Å². The second kappa shape index (κ2) is 11.3. The fourth-order valence-corrected chi connectivity index (χ4v) is 3.51. The molecule has 6 nitrogen and oxygen atoms in total. The number of hydrogen-bond donors (Lipinski definition) is 1. The van der Waals surface area contributed by atoms with Crippen molar-refractivity contribution < 1.29 is 24.2 Å². The zero-order chi connectivity index (χ0) is 23.8. The van der Waals surface area contributed by atoms with Crippen LogP contribution in [0.1, 0.15) is 39.6 Å². The summed E-state index contributed by atoms with van der Waals surface area (Å²) in [4.78, 5) is 25.7. The third-order valence-corrected chi connectivity index (χ3v) is 5.35. The number of carbonyl (C=O) groups excluding carboxylic acids is 1. The molecule has 1 N–H and O–H groups in total. The van der Waals surface area contributed by atoms with E-state index in [0.717, 1.165) is 11.1 Å². The first-order valence-corrected chi connectivity index (χ1v) is 10.8. The molecule has 0 heterocycles. The minimum Gasteiger partial charge on any atom is -0.497 e. The summed E-state index contributed by atoms with van der Waals surface area (Å²) in [6, 6.07) is 22.2. The van der Waals surface area contributed by atoms with Crippen LogP contribution in [-0.2, 0) is 4.79 Å². The summed E-state index contributed by atoms with van der Waals surface area (Å²) in [6.07, 6.45) is 0.317. The van der Waals surface area contributed by atoms with Crippen molar-refractivity contribution in [2.24, 2.45) is 0 Å². The first kappa shape index (κ1) is 24.0. The summed E-state index contributed by atoms with van der Waals surface area (Å²) in [6.45, 7) is 2.54. The highest BCUT2D eigenvalue weighted by molar-refractivity contribution is 6.09. The Bertz CT molecular complexity index is 1080. The van der Waals surface area contributed by atoms with Gasteiger partial charge in [0.25, 0.3) is 0 Å². The molecule has 3 rings (SSSR count). The van der Waals surface area contributed by atoms with Gasteiger partial charge in [-0.05, 0) is 55.9 Å². The quantitative estimate of drug-likeness (QED) is 0.427. The predicted octanol–water partition coefficient (Wildman–Crippen LogP) is 4.76. The maximum atomic E-state index is 13.0. The van der Waals surface area contributed by atoms with Gasteiger partial charge in [0.05, 0.1) is 13.7 Å². The van der Waals surface area contributed by atoms with Crippen molar-refractivity contribution in [2.75, 3.05) is 27.2 Å². The predicted molar refractivity (Wildman–Crippen MR) is 127 cm³/mol. The van der Waals surface area contributed by atoms with Crippen molar-refractivity contribution in [1.29, 1.82) is 0 Å². The van der Waals surface area contributed by atoms with Crippen LogP contribution in [0.25, 0.3) is 0 Å². The van der Waals surface area contributed by atoms with Gasteiger partial charge in [-0.15, -0.1) is 0 Å². The fraction of sp³-hybridized carbons (Fsp3) is 0.259. The van der Waals surface area contributed by atoms with E-state index >= 15 is 0 Å². The van der Waals surface area contributed by atoms with Crippen LogP contribution >= 0.6 is 0 Å². The molecular weight excluding hydrogens is 418 g/mol. The SMILES string of the molecule is COc1ccc(C(=O)c2cccc(OC(CCN(C)CC(=O)O)c3ccc(C)cc3)c2)cc1. The molecule has 0 fully saturated rings. The lowest BCUT2D eigenvalue weighted by Gasteiger charge is -2.23. The molecule has 172 valence electrons. The Morgan fingerprint density at radius 1 is 0.939 bits per heavy atom. The molecule has 1 unspecified atom stereocenters. The molecule has 0 aliphatic carbocycles. The second-order valence-electron chi connectivity index (χ2n) is 8.02. The first-order valence-electron chi connectivity index (χ1n) is 10.8. The van der Waals surface area contributed by atoms with Crippen molar-refractivity contribution in [2.45, 2.75) is 19.4 Å². The third kappa shape index (κ3) is 6.92. The van der Waals surface area contributed by atoms with Gasteiger partial charge in [0.1, 0.15) is 17.6 Å². The van der Waals surface area contributed by atoms with E-state index in [-0.39, 0.29) is 18.4 Å². The number of methoxy groups -OCH3 is 1. The van der Waals surface area contributed by atoms with Crippen LogP contribution in [0.15, 0.2) is 72.8 Å². The van der Waals surface area contributed by atoms with Crippen molar-refractivity contribution in [3.8, 4) is 11.5 Å². The minimum absolute atomic E-state index is 0.0353. The summed E-state index contributed by atoms with van der Waals surface area (Å²) in [5.74, 6) is 0.310. The molecule has 3 aromatic rings. The highest BCUT2D eigenvalue weighted by Crippen LogP contribution is 2.27. The number of ketones is 1. The molecule has 6 heteroatoms. The van der Waals surface area contributed by atoms with Gasteiger partial charge in [0, 0.05) is 24.1 Å². The van der Waals surface area contributed by atoms with Gasteiger partial charge in [0.2, 0.25) is 0 Å². The average Bonchev–Trinajstić information content (AvgIpc) is 2.81. The number of ether oxygens (including phenoxy) is 2. The summed E-state index contributed by atoms with van der Waals surface area (Å²) < 4.78 is 11.5. The second-order valence-corrected chi connectivity index (χ2v) is 8.02. The molecule has 0 saturated carbocycles. The lowest BCUT2D eigenvalue weighted by molar-refractivity contribution is -0.138. The summed E-state index contributed by atoms with van der Waals surface area (Å²) in [5.41, 5.74) is 3.24. The van der Waals surface area contributed by atoms with Crippen molar-refractivity contribution in [3.63, 3.8) is 0 Å². The smallest absolute Gasteiger partial charge is 0.317 e. The van der Waals surface area contributed by atoms with Gasteiger partial charge >= 0.3 is 5.97 Å². The van der Waals surface area contributed by atoms with Crippen molar-refractivity contribution in [3.05, 3.63) is 95.1 Å². The van der Waals surface area contributed by atoms with E-state index in [1.807, 2.05) is 37.3 Å². The van der Waals surface area contributed by atoms with Crippen molar-refractivity contribution >= 4 is 11.8 Å². The summed E-state index contributed by atoms with van der Waals surface area (Å²) in [5, 5.41) is 9.03. The fourth-order valence-electron chi connectivity index (χ4n) is 3.51. The number of aryl methyl sites for hydroxylation is 1. The van der Waals surface area contributed by atoms with Crippen LogP contribution in [0.5, 0.6) is 11.5 Å². The molecule has 1 atom stereocenters. The van der Waals surface area contributed by atoms with E-state index in [1.165, 1.54) is 0 Å². The zero-order valence-electron chi connectivity index (χ0n) is 19.2. The third-order valence-electron chi connectivity index (χ3n) is 5.35. The van der Waals surface area contributed by atoms with E-state index in [9.17, 15) is 9.59 Å². The molecule has 0 spiro atoms. The Hall–Kier alpha value is -3.64. The molecule has 0 aliphatic heterocycles. The van der Waals surface area contributed by atoms with Crippen LogP contribution < -0.4 is 9.47 Å². The topological polar surface area (TPSA) is 76.1 Å². The Labute approximate surface area is 194 Å². The van der Waals surface area contributed by atoms with Crippen LogP contribution in [0.2, 0.25) is 0 Å². The number of hydrogen-bond acceptors (Lipinski definition) is 5. The van der Waals surface area contributed by atoms with Crippen molar-refractivity contribution in [1.82, 2.24) is 4.90 Å². The molecule has 0 amide bonds. The van der Waals surface area contributed by atoms with E-state index in [0.29, 0.717) is 35.6 Å². The van der Waals surface area contributed by atoms with Crippen LogP contribution in [0.3, 0.4) is 0 Å². The molecular formula is C27H29NO5.